The SMILES string of the molecule is CCCCOCCN(CC)c1cc2ccccc2oc1=O. The minimum atomic E-state index is -0.288. The molecule has 0 aliphatic heterocycles. The molecular weight excluding hydrogens is 266 g/mol. The predicted octanol–water partition coefficient (Wildman–Crippen LogP) is 3.44. The Balaban J connectivity index is 2.10. The number of ether oxygens (including phenoxy) is 1. The van der Waals surface area contributed by atoms with E-state index in [4.69, 9.17) is 9.15 Å². The van der Waals surface area contributed by atoms with Crippen LogP contribution in [-0.2, 0) is 4.74 Å². The summed E-state index contributed by atoms with van der Waals surface area (Å²) in [6.45, 7) is 7.02. The van der Waals surface area contributed by atoms with Gasteiger partial charge in [0.15, 0.2) is 0 Å². The second kappa shape index (κ2) is 7.84. The van der Waals surface area contributed by atoms with Crippen LogP contribution in [0.4, 0.5) is 5.69 Å². The van der Waals surface area contributed by atoms with Crippen LogP contribution in [0.1, 0.15) is 26.7 Å². The average Bonchev–Trinajstić information content (AvgIpc) is 2.51. The molecule has 0 unspecified atom stereocenters. The summed E-state index contributed by atoms with van der Waals surface area (Å²) in [5, 5.41) is 0.942. The normalized spacial score (nSPS) is 11.0. The maximum atomic E-state index is 12.1. The highest BCUT2D eigenvalue weighted by Crippen LogP contribution is 2.17. The van der Waals surface area contributed by atoms with Crippen LogP contribution in [-0.4, -0.2) is 26.3 Å². The topological polar surface area (TPSA) is 42.7 Å². The van der Waals surface area contributed by atoms with Gasteiger partial charge in [-0.15, -0.1) is 0 Å². The van der Waals surface area contributed by atoms with E-state index in [0.717, 1.165) is 31.4 Å². The Morgan fingerprint density at radius 2 is 2.00 bits per heavy atom. The number of likely N-dealkylation sites (N-methyl/N-ethyl adjacent to an activating group) is 1. The molecule has 0 atom stereocenters. The Hall–Kier alpha value is -1.81. The van der Waals surface area contributed by atoms with Crippen molar-refractivity contribution in [3.8, 4) is 0 Å². The molecule has 0 saturated heterocycles. The molecular formula is C17H23NO3. The van der Waals surface area contributed by atoms with Gasteiger partial charge in [-0.2, -0.15) is 0 Å². The lowest BCUT2D eigenvalue weighted by Gasteiger charge is -2.21. The third-order valence-corrected chi connectivity index (χ3v) is 3.49. The zero-order valence-electron chi connectivity index (χ0n) is 12.8. The number of anilines is 1. The highest BCUT2D eigenvalue weighted by Gasteiger charge is 2.11. The summed E-state index contributed by atoms with van der Waals surface area (Å²) in [5.41, 5.74) is 0.945. The van der Waals surface area contributed by atoms with Gasteiger partial charge in [0.1, 0.15) is 11.3 Å². The standard InChI is InChI=1S/C17H23NO3/c1-3-5-11-20-12-10-18(4-2)15-13-14-8-6-7-9-16(14)21-17(15)19/h6-9,13H,3-5,10-12H2,1-2H3. The van der Waals surface area contributed by atoms with Gasteiger partial charge >= 0.3 is 5.63 Å². The van der Waals surface area contributed by atoms with E-state index >= 15 is 0 Å². The van der Waals surface area contributed by atoms with E-state index < -0.39 is 0 Å². The van der Waals surface area contributed by atoms with Gasteiger partial charge in [-0.05, 0) is 25.5 Å². The Bertz CT molecular complexity index is 621. The monoisotopic (exact) mass is 289 g/mol. The van der Waals surface area contributed by atoms with Crippen LogP contribution in [0.15, 0.2) is 39.5 Å². The second-order valence-electron chi connectivity index (χ2n) is 5.00. The fourth-order valence-electron chi connectivity index (χ4n) is 2.24. The Kier molecular flexibility index (Phi) is 5.81. The third kappa shape index (κ3) is 4.08. The van der Waals surface area contributed by atoms with Gasteiger partial charge in [-0.1, -0.05) is 31.5 Å². The van der Waals surface area contributed by atoms with E-state index in [1.807, 2.05) is 42.2 Å². The summed E-state index contributed by atoms with van der Waals surface area (Å²) in [6, 6.07) is 9.47. The number of fused-ring (bicyclic) bond motifs is 1. The molecule has 4 heteroatoms. The first-order valence-corrected chi connectivity index (χ1v) is 7.61. The van der Waals surface area contributed by atoms with E-state index in [2.05, 4.69) is 6.92 Å². The van der Waals surface area contributed by atoms with Crippen LogP contribution < -0.4 is 10.5 Å². The fourth-order valence-corrected chi connectivity index (χ4v) is 2.24. The molecule has 0 amide bonds. The molecule has 1 heterocycles. The lowest BCUT2D eigenvalue weighted by molar-refractivity contribution is 0.137. The molecule has 0 N–H and O–H groups in total. The fraction of sp³-hybridized carbons (Fsp3) is 0.471. The largest absolute Gasteiger partial charge is 0.421 e. The summed E-state index contributed by atoms with van der Waals surface area (Å²) in [7, 11) is 0. The maximum absolute atomic E-state index is 12.1. The van der Waals surface area contributed by atoms with Crippen LogP contribution in [0.5, 0.6) is 0 Å². The Morgan fingerprint density at radius 1 is 1.19 bits per heavy atom. The molecule has 0 spiro atoms. The number of nitrogens with zero attached hydrogens (tertiary/aromatic N) is 1. The van der Waals surface area contributed by atoms with Crippen molar-refractivity contribution in [2.45, 2.75) is 26.7 Å². The van der Waals surface area contributed by atoms with E-state index in [-0.39, 0.29) is 5.63 Å². The van der Waals surface area contributed by atoms with Gasteiger partial charge < -0.3 is 14.1 Å². The number of hydrogen-bond acceptors (Lipinski definition) is 4. The van der Waals surface area contributed by atoms with E-state index in [9.17, 15) is 4.79 Å². The molecule has 2 aromatic rings. The van der Waals surface area contributed by atoms with Gasteiger partial charge in [0.05, 0.1) is 6.61 Å². The number of unbranched alkanes of at least 4 members (excludes halogenated alkanes) is 1. The lowest BCUT2D eigenvalue weighted by atomic mass is 10.2. The van der Waals surface area contributed by atoms with Crippen LogP contribution in [0.25, 0.3) is 11.0 Å². The first-order valence-electron chi connectivity index (χ1n) is 7.61. The zero-order valence-corrected chi connectivity index (χ0v) is 12.8. The highest BCUT2D eigenvalue weighted by molar-refractivity contribution is 5.79. The van der Waals surface area contributed by atoms with Gasteiger partial charge in [-0.3, -0.25) is 0 Å². The van der Waals surface area contributed by atoms with Gasteiger partial charge in [0.25, 0.3) is 0 Å². The van der Waals surface area contributed by atoms with E-state index in [0.29, 0.717) is 24.4 Å². The van der Waals surface area contributed by atoms with Gasteiger partial charge in [0, 0.05) is 25.1 Å². The number of hydrogen-bond donors (Lipinski definition) is 0. The third-order valence-electron chi connectivity index (χ3n) is 3.49. The van der Waals surface area contributed by atoms with Crippen molar-refractivity contribution >= 4 is 16.7 Å². The van der Waals surface area contributed by atoms with E-state index in [1.54, 1.807) is 0 Å². The maximum Gasteiger partial charge on any atom is 0.360 e. The van der Waals surface area contributed by atoms with E-state index in [1.165, 1.54) is 0 Å². The first kappa shape index (κ1) is 15.6. The van der Waals surface area contributed by atoms with Crippen molar-refractivity contribution in [1.82, 2.24) is 0 Å². The minimum absolute atomic E-state index is 0.288. The summed E-state index contributed by atoms with van der Waals surface area (Å²) >= 11 is 0. The predicted molar refractivity (Wildman–Crippen MR) is 86.1 cm³/mol. The quantitative estimate of drug-likeness (QED) is 0.551. The Morgan fingerprint density at radius 3 is 2.76 bits per heavy atom. The van der Waals surface area contributed by atoms with Crippen LogP contribution in [0.3, 0.4) is 0 Å². The molecule has 114 valence electrons. The molecule has 1 aromatic carbocycles. The van der Waals surface area contributed by atoms with Crippen molar-refractivity contribution in [1.29, 1.82) is 0 Å². The summed E-state index contributed by atoms with van der Waals surface area (Å²) in [5.74, 6) is 0. The van der Waals surface area contributed by atoms with Gasteiger partial charge in [-0.25, -0.2) is 4.79 Å². The molecule has 0 fully saturated rings. The summed E-state index contributed by atoms with van der Waals surface area (Å²) in [6.07, 6.45) is 2.20. The van der Waals surface area contributed by atoms with Crippen LogP contribution >= 0.6 is 0 Å². The number of para-hydroxylation sites is 1. The Labute approximate surface area is 125 Å². The van der Waals surface area contributed by atoms with Gasteiger partial charge in [0.2, 0.25) is 0 Å². The second-order valence-corrected chi connectivity index (χ2v) is 5.00. The highest BCUT2D eigenvalue weighted by atomic mass is 16.5. The lowest BCUT2D eigenvalue weighted by Crippen LogP contribution is -2.31. The molecule has 21 heavy (non-hydrogen) atoms. The first-order chi connectivity index (χ1) is 10.3. The summed E-state index contributed by atoms with van der Waals surface area (Å²) in [4.78, 5) is 14.1. The average molecular weight is 289 g/mol. The van der Waals surface area contributed by atoms with Crippen molar-refractivity contribution in [2.24, 2.45) is 0 Å². The molecule has 0 radical (unpaired) electrons. The van der Waals surface area contributed by atoms with Crippen molar-refractivity contribution < 1.29 is 9.15 Å². The zero-order chi connectivity index (χ0) is 15.1. The number of rotatable bonds is 8. The molecule has 0 aliphatic carbocycles. The van der Waals surface area contributed by atoms with Crippen molar-refractivity contribution in [3.63, 3.8) is 0 Å². The van der Waals surface area contributed by atoms with Crippen LogP contribution in [0.2, 0.25) is 0 Å². The molecule has 4 nitrogen and oxygen atoms in total. The molecule has 0 saturated carbocycles. The van der Waals surface area contributed by atoms with Crippen molar-refractivity contribution in [2.75, 3.05) is 31.2 Å². The molecule has 2 rings (SSSR count). The smallest absolute Gasteiger partial charge is 0.360 e. The minimum Gasteiger partial charge on any atom is -0.421 e. The number of benzene rings is 1. The van der Waals surface area contributed by atoms with Crippen molar-refractivity contribution in [3.05, 3.63) is 40.8 Å². The molecule has 0 bridgehead atoms. The summed E-state index contributed by atoms with van der Waals surface area (Å²) < 4.78 is 11.0. The molecule has 1 aromatic heterocycles. The van der Waals surface area contributed by atoms with Crippen LogP contribution in [0, 0.1) is 0 Å². The molecule has 0 aliphatic rings.